The lowest BCUT2D eigenvalue weighted by Gasteiger charge is -2.27. The molecule has 0 amide bonds. The van der Waals surface area contributed by atoms with Crippen LogP contribution < -0.4 is 5.73 Å². The van der Waals surface area contributed by atoms with Gasteiger partial charge in [0.25, 0.3) is 0 Å². The summed E-state index contributed by atoms with van der Waals surface area (Å²) in [7, 11) is 0. The summed E-state index contributed by atoms with van der Waals surface area (Å²) in [6, 6.07) is 4.26. The third-order valence-electron chi connectivity index (χ3n) is 3.23. The van der Waals surface area contributed by atoms with Crippen molar-refractivity contribution in [2.75, 3.05) is 0 Å². The third-order valence-corrected chi connectivity index (χ3v) is 3.23. The Balaban J connectivity index is 2.03. The maximum atomic E-state index is 6.23. The van der Waals surface area contributed by atoms with E-state index in [0.717, 1.165) is 0 Å². The number of hydrogen-bond donors (Lipinski definition) is 1. The largest absolute Gasteiger partial charge is 0.324 e. The van der Waals surface area contributed by atoms with E-state index in [9.17, 15) is 0 Å². The Hall–Kier alpha value is -0.890. The first-order chi connectivity index (χ1) is 6.88. The summed E-state index contributed by atoms with van der Waals surface area (Å²) in [4.78, 5) is 4.12. The number of rotatable bonds is 2. The highest BCUT2D eigenvalue weighted by molar-refractivity contribution is 5.14. The van der Waals surface area contributed by atoms with Gasteiger partial charge in [0.1, 0.15) is 0 Å². The maximum Gasteiger partial charge on any atom is 0.0338 e. The van der Waals surface area contributed by atoms with Gasteiger partial charge < -0.3 is 5.73 Å². The van der Waals surface area contributed by atoms with Gasteiger partial charge in [-0.1, -0.05) is 25.3 Å². The summed E-state index contributed by atoms with van der Waals surface area (Å²) < 4.78 is 0. The van der Waals surface area contributed by atoms with Gasteiger partial charge in [0, 0.05) is 18.4 Å². The maximum absolute atomic E-state index is 6.23. The molecule has 1 atom stereocenters. The number of hydrogen-bond acceptors (Lipinski definition) is 2. The Labute approximate surface area is 85.5 Å². The van der Waals surface area contributed by atoms with Crippen LogP contribution in [0.5, 0.6) is 0 Å². The van der Waals surface area contributed by atoms with Crippen molar-refractivity contribution in [3.05, 3.63) is 30.1 Å². The minimum atomic E-state index is 0.198. The van der Waals surface area contributed by atoms with Crippen LogP contribution in [0.1, 0.15) is 43.7 Å². The number of pyridine rings is 1. The lowest BCUT2D eigenvalue weighted by Crippen LogP contribution is -2.23. The zero-order chi connectivity index (χ0) is 9.80. The molecule has 1 aromatic heterocycles. The van der Waals surface area contributed by atoms with Gasteiger partial charge >= 0.3 is 0 Å². The quantitative estimate of drug-likeness (QED) is 0.778. The third kappa shape index (κ3) is 2.13. The molecule has 2 rings (SSSR count). The molecule has 1 fully saturated rings. The fourth-order valence-corrected chi connectivity index (χ4v) is 2.34. The minimum Gasteiger partial charge on any atom is -0.324 e. The van der Waals surface area contributed by atoms with E-state index in [0.29, 0.717) is 5.92 Å². The van der Waals surface area contributed by atoms with Crippen molar-refractivity contribution in [3.63, 3.8) is 0 Å². The van der Waals surface area contributed by atoms with Gasteiger partial charge in [0.15, 0.2) is 0 Å². The zero-order valence-corrected chi connectivity index (χ0v) is 8.52. The molecule has 0 bridgehead atoms. The number of nitrogens with two attached hydrogens (primary N) is 1. The van der Waals surface area contributed by atoms with Gasteiger partial charge in [-0.15, -0.1) is 0 Å². The molecule has 0 saturated heterocycles. The Bertz CT molecular complexity index is 265. The fourth-order valence-electron chi connectivity index (χ4n) is 2.34. The summed E-state index contributed by atoms with van der Waals surface area (Å²) in [5.74, 6) is 0.674. The molecule has 1 aliphatic carbocycles. The van der Waals surface area contributed by atoms with Crippen molar-refractivity contribution in [2.45, 2.75) is 38.1 Å². The molecule has 1 saturated carbocycles. The van der Waals surface area contributed by atoms with Crippen molar-refractivity contribution in [1.29, 1.82) is 0 Å². The van der Waals surface area contributed by atoms with Gasteiger partial charge in [0.05, 0.1) is 0 Å². The molecule has 0 aliphatic heterocycles. The van der Waals surface area contributed by atoms with E-state index in [-0.39, 0.29) is 6.04 Å². The van der Waals surface area contributed by atoms with Crippen molar-refractivity contribution in [3.8, 4) is 0 Å². The average molecular weight is 190 g/mol. The smallest absolute Gasteiger partial charge is 0.0338 e. The van der Waals surface area contributed by atoms with Crippen LogP contribution in [0.3, 0.4) is 0 Å². The van der Waals surface area contributed by atoms with Crippen molar-refractivity contribution >= 4 is 0 Å². The molecule has 0 unspecified atom stereocenters. The molecule has 2 heteroatoms. The Morgan fingerprint density at radius 1 is 1.29 bits per heavy atom. The molecule has 76 valence electrons. The molecule has 14 heavy (non-hydrogen) atoms. The van der Waals surface area contributed by atoms with E-state index in [2.05, 4.69) is 11.1 Å². The lowest BCUT2D eigenvalue weighted by molar-refractivity contribution is 0.308. The Morgan fingerprint density at radius 3 is 2.71 bits per heavy atom. The van der Waals surface area contributed by atoms with E-state index in [1.54, 1.807) is 6.20 Å². The molecule has 0 aromatic carbocycles. The van der Waals surface area contributed by atoms with Gasteiger partial charge in [-0.3, -0.25) is 4.98 Å². The van der Waals surface area contributed by atoms with Crippen LogP contribution in [-0.4, -0.2) is 4.98 Å². The second-order valence-corrected chi connectivity index (χ2v) is 4.21. The molecular weight excluding hydrogens is 172 g/mol. The van der Waals surface area contributed by atoms with Crippen molar-refractivity contribution < 1.29 is 0 Å². The lowest BCUT2D eigenvalue weighted by atomic mass is 9.82. The average Bonchev–Trinajstić information content (AvgIpc) is 2.30. The molecule has 1 heterocycles. The van der Waals surface area contributed by atoms with Crippen molar-refractivity contribution in [2.24, 2.45) is 11.7 Å². The second-order valence-electron chi connectivity index (χ2n) is 4.21. The topological polar surface area (TPSA) is 38.9 Å². The van der Waals surface area contributed by atoms with Crippen LogP contribution >= 0.6 is 0 Å². The first kappa shape index (κ1) is 9.66. The molecule has 0 radical (unpaired) electrons. The van der Waals surface area contributed by atoms with Gasteiger partial charge in [-0.25, -0.2) is 0 Å². The highest BCUT2D eigenvalue weighted by Crippen LogP contribution is 2.32. The summed E-state index contributed by atoms with van der Waals surface area (Å²) in [6.45, 7) is 0. The number of aromatic nitrogens is 1. The van der Waals surface area contributed by atoms with E-state index >= 15 is 0 Å². The fraction of sp³-hybridized carbons (Fsp3) is 0.583. The predicted octanol–water partition coefficient (Wildman–Crippen LogP) is 2.66. The van der Waals surface area contributed by atoms with Crippen LogP contribution in [0.25, 0.3) is 0 Å². The van der Waals surface area contributed by atoms with E-state index in [1.807, 2.05) is 12.3 Å². The van der Waals surface area contributed by atoms with Crippen LogP contribution in [0, 0.1) is 5.92 Å². The monoisotopic (exact) mass is 190 g/mol. The SMILES string of the molecule is N[C@H](c1cccnc1)C1CCCCC1. The molecule has 0 spiro atoms. The first-order valence-electron chi connectivity index (χ1n) is 5.53. The Morgan fingerprint density at radius 2 is 2.07 bits per heavy atom. The van der Waals surface area contributed by atoms with Gasteiger partial charge in [-0.2, -0.15) is 0 Å². The molecule has 2 N–H and O–H groups in total. The second kappa shape index (κ2) is 4.56. The zero-order valence-electron chi connectivity index (χ0n) is 8.52. The number of nitrogens with zero attached hydrogens (tertiary/aromatic N) is 1. The summed E-state index contributed by atoms with van der Waals surface area (Å²) >= 11 is 0. The highest BCUT2D eigenvalue weighted by atomic mass is 14.7. The van der Waals surface area contributed by atoms with Crippen LogP contribution in [0.2, 0.25) is 0 Å². The predicted molar refractivity (Wildman–Crippen MR) is 57.7 cm³/mol. The summed E-state index contributed by atoms with van der Waals surface area (Å²) in [5, 5.41) is 0. The summed E-state index contributed by atoms with van der Waals surface area (Å²) in [6.07, 6.45) is 10.4. The molecule has 2 nitrogen and oxygen atoms in total. The van der Waals surface area contributed by atoms with Crippen LogP contribution in [0.4, 0.5) is 0 Å². The first-order valence-corrected chi connectivity index (χ1v) is 5.53. The van der Waals surface area contributed by atoms with E-state index in [1.165, 1.54) is 37.7 Å². The van der Waals surface area contributed by atoms with Gasteiger partial charge in [0.2, 0.25) is 0 Å². The summed E-state index contributed by atoms with van der Waals surface area (Å²) in [5.41, 5.74) is 7.42. The standard InChI is InChI=1S/C12H18N2/c13-12(10-5-2-1-3-6-10)11-7-4-8-14-9-11/h4,7-10,12H,1-3,5-6,13H2/t12-/m0/s1. The van der Waals surface area contributed by atoms with Crippen LogP contribution in [-0.2, 0) is 0 Å². The molecular formula is C12H18N2. The van der Waals surface area contributed by atoms with Crippen molar-refractivity contribution in [1.82, 2.24) is 4.98 Å². The van der Waals surface area contributed by atoms with E-state index < -0.39 is 0 Å². The molecule has 1 aromatic rings. The van der Waals surface area contributed by atoms with Crippen LogP contribution in [0.15, 0.2) is 24.5 Å². The highest BCUT2D eigenvalue weighted by Gasteiger charge is 2.21. The van der Waals surface area contributed by atoms with E-state index in [4.69, 9.17) is 5.73 Å². The Kier molecular flexibility index (Phi) is 3.14. The minimum absolute atomic E-state index is 0.198. The molecule has 1 aliphatic rings. The normalized spacial score (nSPS) is 20.6. The van der Waals surface area contributed by atoms with Gasteiger partial charge in [-0.05, 0) is 30.4 Å².